The minimum absolute atomic E-state index is 1.17. The van der Waals surface area contributed by atoms with Crippen molar-refractivity contribution >= 4 is 11.4 Å². The molecular formula is C22H26N2. The molecule has 24 heavy (non-hydrogen) atoms. The van der Waals surface area contributed by atoms with E-state index in [-0.39, 0.29) is 0 Å². The minimum atomic E-state index is 1.17. The highest BCUT2D eigenvalue weighted by molar-refractivity contribution is 5.49. The molecule has 2 aromatic carbocycles. The molecule has 2 heteroatoms. The van der Waals surface area contributed by atoms with Crippen molar-refractivity contribution in [2.75, 3.05) is 36.0 Å². The van der Waals surface area contributed by atoms with E-state index in [0.29, 0.717) is 0 Å². The third kappa shape index (κ3) is 3.33. The number of hydrogen-bond donors (Lipinski definition) is 0. The van der Waals surface area contributed by atoms with Crippen molar-refractivity contribution in [2.24, 2.45) is 0 Å². The Morgan fingerprint density at radius 1 is 0.458 bits per heavy atom. The SMILES string of the molecule is c1ccc(N2CCC(=C3CCN(c4ccccc4)CC3)CC2)cc1. The summed E-state index contributed by atoms with van der Waals surface area (Å²) >= 11 is 0. The fraction of sp³-hybridized carbons (Fsp3) is 0.364. The molecule has 0 atom stereocenters. The molecule has 0 spiro atoms. The van der Waals surface area contributed by atoms with Crippen LogP contribution in [0.2, 0.25) is 0 Å². The van der Waals surface area contributed by atoms with Crippen LogP contribution in [-0.2, 0) is 0 Å². The Bertz CT molecular complexity index is 609. The van der Waals surface area contributed by atoms with Crippen LogP contribution in [0.3, 0.4) is 0 Å². The summed E-state index contributed by atoms with van der Waals surface area (Å²) in [5.41, 5.74) is 6.24. The second kappa shape index (κ2) is 7.12. The molecule has 0 aromatic heterocycles. The van der Waals surface area contributed by atoms with Crippen LogP contribution in [0.1, 0.15) is 25.7 Å². The normalized spacial score (nSPS) is 18.8. The van der Waals surface area contributed by atoms with Crippen LogP contribution >= 0.6 is 0 Å². The van der Waals surface area contributed by atoms with Crippen LogP contribution in [0.15, 0.2) is 71.8 Å². The molecule has 0 bridgehead atoms. The van der Waals surface area contributed by atoms with Crippen molar-refractivity contribution in [3.8, 4) is 0 Å². The molecule has 0 saturated carbocycles. The van der Waals surface area contributed by atoms with Gasteiger partial charge in [-0.25, -0.2) is 0 Å². The lowest BCUT2D eigenvalue weighted by Crippen LogP contribution is -2.33. The van der Waals surface area contributed by atoms with Crippen molar-refractivity contribution in [1.82, 2.24) is 0 Å². The van der Waals surface area contributed by atoms with Crippen molar-refractivity contribution in [2.45, 2.75) is 25.7 Å². The first-order valence-corrected chi connectivity index (χ1v) is 9.20. The fourth-order valence-corrected chi connectivity index (χ4v) is 4.05. The maximum Gasteiger partial charge on any atom is 0.0366 e. The van der Waals surface area contributed by atoms with Gasteiger partial charge in [-0.05, 0) is 49.9 Å². The number of anilines is 2. The maximum absolute atomic E-state index is 2.53. The summed E-state index contributed by atoms with van der Waals surface area (Å²) in [6, 6.07) is 21.7. The van der Waals surface area contributed by atoms with E-state index >= 15 is 0 Å². The molecule has 2 heterocycles. The minimum Gasteiger partial charge on any atom is -0.371 e. The van der Waals surface area contributed by atoms with Crippen LogP contribution < -0.4 is 9.80 Å². The van der Waals surface area contributed by atoms with E-state index in [2.05, 4.69) is 70.5 Å². The van der Waals surface area contributed by atoms with Gasteiger partial charge in [0.1, 0.15) is 0 Å². The molecule has 2 fully saturated rings. The number of piperidine rings is 2. The smallest absolute Gasteiger partial charge is 0.0366 e. The van der Waals surface area contributed by atoms with Gasteiger partial charge in [0.25, 0.3) is 0 Å². The highest BCUT2D eigenvalue weighted by atomic mass is 15.1. The highest BCUT2D eigenvalue weighted by Gasteiger charge is 2.20. The topological polar surface area (TPSA) is 6.48 Å². The number of hydrogen-bond acceptors (Lipinski definition) is 2. The van der Waals surface area contributed by atoms with Crippen molar-refractivity contribution < 1.29 is 0 Å². The molecule has 0 radical (unpaired) electrons. The number of nitrogens with zero attached hydrogens (tertiary/aromatic N) is 2. The lowest BCUT2D eigenvalue weighted by atomic mass is 9.91. The molecule has 2 nitrogen and oxygen atoms in total. The molecular weight excluding hydrogens is 292 g/mol. The number of para-hydroxylation sites is 2. The average Bonchev–Trinajstić information content (AvgIpc) is 2.70. The number of benzene rings is 2. The Morgan fingerprint density at radius 3 is 1.12 bits per heavy atom. The van der Waals surface area contributed by atoms with Crippen LogP contribution in [0.4, 0.5) is 11.4 Å². The summed E-state index contributed by atoms with van der Waals surface area (Å²) < 4.78 is 0. The Morgan fingerprint density at radius 2 is 0.792 bits per heavy atom. The van der Waals surface area contributed by atoms with Crippen molar-refractivity contribution in [1.29, 1.82) is 0 Å². The molecule has 124 valence electrons. The summed E-state index contributed by atoms with van der Waals surface area (Å²) in [7, 11) is 0. The molecule has 0 unspecified atom stereocenters. The van der Waals surface area contributed by atoms with E-state index in [1.807, 2.05) is 0 Å². The fourth-order valence-electron chi connectivity index (χ4n) is 4.05. The van der Waals surface area contributed by atoms with E-state index in [1.165, 1.54) is 63.2 Å². The quantitative estimate of drug-likeness (QED) is 0.728. The van der Waals surface area contributed by atoms with Gasteiger partial charge in [-0.1, -0.05) is 47.5 Å². The van der Waals surface area contributed by atoms with Crippen molar-refractivity contribution in [3.63, 3.8) is 0 Å². The second-order valence-corrected chi connectivity index (χ2v) is 6.85. The summed E-state index contributed by atoms with van der Waals surface area (Å²) in [6.07, 6.45) is 4.98. The van der Waals surface area contributed by atoms with Crippen LogP contribution in [0.5, 0.6) is 0 Å². The largest absolute Gasteiger partial charge is 0.371 e. The maximum atomic E-state index is 2.53. The molecule has 0 N–H and O–H groups in total. The monoisotopic (exact) mass is 318 g/mol. The summed E-state index contributed by atoms with van der Waals surface area (Å²) in [5.74, 6) is 0. The highest BCUT2D eigenvalue weighted by Crippen LogP contribution is 2.30. The molecule has 2 aromatic rings. The Kier molecular flexibility index (Phi) is 4.55. The summed E-state index contributed by atoms with van der Waals surface area (Å²) in [4.78, 5) is 5.06. The second-order valence-electron chi connectivity index (χ2n) is 6.85. The lowest BCUT2D eigenvalue weighted by Gasteiger charge is -2.35. The lowest BCUT2D eigenvalue weighted by molar-refractivity contribution is 0.628. The van der Waals surface area contributed by atoms with Gasteiger partial charge in [-0.15, -0.1) is 0 Å². The van der Waals surface area contributed by atoms with Gasteiger partial charge >= 0.3 is 0 Å². The predicted molar refractivity (Wildman–Crippen MR) is 103 cm³/mol. The van der Waals surface area contributed by atoms with Gasteiger partial charge in [0, 0.05) is 37.6 Å². The van der Waals surface area contributed by atoms with E-state index in [1.54, 1.807) is 11.1 Å². The molecule has 2 aliphatic heterocycles. The van der Waals surface area contributed by atoms with Gasteiger partial charge in [0.15, 0.2) is 0 Å². The van der Waals surface area contributed by atoms with E-state index in [9.17, 15) is 0 Å². The standard InChI is InChI=1S/C22H26N2/c1-3-7-21(8-4-1)23-15-11-19(12-16-23)20-13-17-24(18-14-20)22-9-5-2-6-10-22/h1-10H,11-18H2. The average molecular weight is 318 g/mol. The third-order valence-electron chi connectivity index (χ3n) is 5.48. The van der Waals surface area contributed by atoms with E-state index in [0.717, 1.165) is 0 Å². The molecule has 0 aliphatic carbocycles. The Hall–Kier alpha value is -2.22. The zero-order valence-corrected chi connectivity index (χ0v) is 14.3. The first kappa shape index (κ1) is 15.3. The number of rotatable bonds is 2. The van der Waals surface area contributed by atoms with Gasteiger partial charge in [-0.3, -0.25) is 0 Å². The van der Waals surface area contributed by atoms with Gasteiger partial charge in [0.05, 0.1) is 0 Å². The molecule has 2 saturated heterocycles. The van der Waals surface area contributed by atoms with Gasteiger partial charge in [0.2, 0.25) is 0 Å². The van der Waals surface area contributed by atoms with Crippen LogP contribution in [0.25, 0.3) is 0 Å². The molecule has 4 rings (SSSR count). The first-order chi connectivity index (χ1) is 11.9. The summed E-state index contributed by atoms with van der Waals surface area (Å²) in [5, 5.41) is 0. The zero-order valence-electron chi connectivity index (χ0n) is 14.3. The van der Waals surface area contributed by atoms with Gasteiger partial charge in [-0.2, -0.15) is 0 Å². The summed E-state index contributed by atoms with van der Waals surface area (Å²) in [6.45, 7) is 4.69. The van der Waals surface area contributed by atoms with Gasteiger partial charge < -0.3 is 9.80 Å². The van der Waals surface area contributed by atoms with E-state index < -0.39 is 0 Å². The first-order valence-electron chi connectivity index (χ1n) is 9.20. The van der Waals surface area contributed by atoms with Crippen molar-refractivity contribution in [3.05, 3.63) is 71.8 Å². The Balaban J connectivity index is 1.36. The van der Waals surface area contributed by atoms with E-state index in [4.69, 9.17) is 0 Å². The van der Waals surface area contributed by atoms with Crippen LogP contribution in [-0.4, -0.2) is 26.2 Å². The predicted octanol–water partition coefficient (Wildman–Crippen LogP) is 4.88. The zero-order chi connectivity index (χ0) is 16.2. The molecule has 2 aliphatic rings. The Labute approximate surface area is 145 Å². The third-order valence-corrected chi connectivity index (χ3v) is 5.48. The molecule has 0 amide bonds. The van der Waals surface area contributed by atoms with Crippen LogP contribution in [0, 0.1) is 0 Å².